The molecule has 1 saturated carbocycles. The Hall–Kier alpha value is -3.68. The van der Waals surface area contributed by atoms with Crippen molar-refractivity contribution in [3.05, 3.63) is 54.7 Å². The minimum absolute atomic E-state index is 0.239. The van der Waals surface area contributed by atoms with Crippen LogP contribution in [0, 0.1) is 5.92 Å². The maximum Gasteiger partial charge on any atom is 0.408 e. The Kier molecular flexibility index (Phi) is 7.19. The van der Waals surface area contributed by atoms with Gasteiger partial charge in [-0.25, -0.2) is 9.78 Å². The molecular weight excluding hydrogens is 448 g/mol. The van der Waals surface area contributed by atoms with Crippen LogP contribution >= 0.6 is 0 Å². The molecule has 1 amide bonds. The fourth-order valence-corrected chi connectivity index (χ4v) is 3.80. The van der Waals surface area contributed by atoms with Gasteiger partial charge in [0.1, 0.15) is 30.1 Å². The monoisotopic (exact) mass is 480 g/mol. The van der Waals surface area contributed by atoms with Gasteiger partial charge in [0.2, 0.25) is 5.89 Å². The smallest absolute Gasteiger partial charge is 0.408 e. The van der Waals surface area contributed by atoms with Crippen LogP contribution < -0.4 is 14.2 Å². The van der Waals surface area contributed by atoms with E-state index in [9.17, 15) is 9.90 Å². The number of nitrogens with zero attached hydrogens (tertiary/aromatic N) is 2. The molecule has 2 aromatic carbocycles. The van der Waals surface area contributed by atoms with Crippen LogP contribution in [0.2, 0.25) is 0 Å². The lowest BCUT2D eigenvalue weighted by molar-refractivity contribution is 0.0578. The number of ether oxygens (including phenoxy) is 3. The molecule has 1 atom stereocenters. The lowest BCUT2D eigenvalue weighted by Crippen LogP contribution is -2.52. The summed E-state index contributed by atoms with van der Waals surface area (Å²) in [6.45, 7) is 8.39. The lowest BCUT2D eigenvalue weighted by Gasteiger charge is -2.37. The normalized spacial score (nSPS) is 14.3. The van der Waals surface area contributed by atoms with Crippen LogP contribution in [0.4, 0.5) is 4.79 Å². The highest BCUT2D eigenvalue weighted by Crippen LogP contribution is 2.32. The molecule has 186 valence electrons. The first-order chi connectivity index (χ1) is 16.7. The topological polar surface area (TPSA) is 94.3 Å². The molecule has 0 saturated heterocycles. The van der Waals surface area contributed by atoms with Crippen LogP contribution in [0.15, 0.2) is 59.1 Å². The highest BCUT2D eigenvalue weighted by molar-refractivity contribution is 5.66. The van der Waals surface area contributed by atoms with E-state index in [-0.39, 0.29) is 18.6 Å². The highest BCUT2D eigenvalue weighted by Gasteiger charge is 2.31. The second kappa shape index (κ2) is 10.3. The van der Waals surface area contributed by atoms with Crippen molar-refractivity contribution >= 4 is 6.09 Å². The fraction of sp³-hybridized carbons (Fsp3) is 0.407. The molecule has 0 aliphatic heterocycles. The summed E-state index contributed by atoms with van der Waals surface area (Å²) in [5, 5.41) is 9.53. The number of rotatable bonds is 10. The summed E-state index contributed by atoms with van der Waals surface area (Å²) in [5.41, 5.74) is 0.248. The van der Waals surface area contributed by atoms with Crippen molar-refractivity contribution in [3.8, 4) is 34.6 Å². The van der Waals surface area contributed by atoms with E-state index in [0.717, 1.165) is 17.9 Å². The number of oxazole rings is 1. The average Bonchev–Trinajstić information content (AvgIpc) is 3.52. The Morgan fingerprint density at radius 3 is 2.49 bits per heavy atom. The average molecular weight is 481 g/mol. The number of benzene rings is 2. The van der Waals surface area contributed by atoms with E-state index in [4.69, 9.17) is 18.6 Å². The van der Waals surface area contributed by atoms with E-state index < -0.39 is 11.6 Å². The molecule has 1 aliphatic carbocycles. The Morgan fingerprint density at radius 2 is 1.83 bits per heavy atom. The first-order valence-electron chi connectivity index (χ1n) is 11.8. The zero-order chi connectivity index (χ0) is 25.0. The molecule has 0 radical (unpaired) electrons. The van der Waals surface area contributed by atoms with Crippen LogP contribution in [0.3, 0.4) is 0 Å². The van der Waals surface area contributed by atoms with Gasteiger partial charge < -0.3 is 23.7 Å². The summed E-state index contributed by atoms with van der Waals surface area (Å²) in [6, 6.07) is 14.4. The van der Waals surface area contributed by atoms with Gasteiger partial charge in [0.05, 0.1) is 12.6 Å². The molecule has 0 unspecified atom stereocenters. The standard InChI is InChI=1S/C27H32N2O6/c1-18(29(26(30)31)27(2,3)4)16-32-21-12-10-20(11-13-21)25-28-15-24(35-25)34-23-7-5-6-22(14-23)33-17-19-8-9-19/h5-7,10-15,18-19H,8-9,16-17H2,1-4H3,(H,30,31)/t18-/m0/s1. The summed E-state index contributed by atoms with van der Waals surface area (Å²) >= 11 is 0. The molecule has 8 nitrogen and oxygen atoms in total. The molecular formula is C27H32N2O6. The predicted octanol–water partition coefficient (Wildman–Crippen LogP) is 6.47. The van der Waals surface area contributed by atoms with Gasteiger partial charge in [0, 0.05) is 17.2 Å². The van der Waals surface area contributed by atoms with Crippen molar-refractivity contribution in [2.75, 3.05) is 13.2 Å². The van der Waals surface area contributed by atoms with E-state index in [0.29, 0.717) is 23.3 Å². The van der Waals surface area contributed by atoms with Gasteiger partial charge in [-0.05, 0) is 82.9 Å². The Balaban J connectivity index is 1.33. The number of hydrogen-bond donors (Lipinski definition) is 1. The zero-order valence-corrected chi connectivity index (χ0v) is 20.6. The third-order valence-electron chi connectivity index (χ3n) is 5.65. The largest absolute Gasteiger partial charge is 0.493 e. The molecule has 0 spiro atoms. The van der Waals surface area contributed by atoms with Crippen molar-refractivity contribution in [1.82, 2.24) is 9.88 Å². The highest BCUT2D eigenvalue weighted by atomic mass is 16.6. The molecule has 1 aromatic heterocycles. The third-order valence-corrected chi connectivity index (χ3v) is 5.65. The van der Waals surface area contributed by atoms with E-state index in [1.165, 1.54) is 23.9 Å². The SMILES string of the molecule is C[C@@H](COc1ccc(-c2ncc(Oc3cccc(OCC4CC4)c3)o2)cc1)N(C(=O)O)C(C)(C)C. The van der Waals surface area contributed by atoms with Gasteiger partial charge in [-0.2, -0.15) is 0 Å². The molecule has 35 heavy (non-hydrogen) atoms. The summed E-state index contributed by atoms with van der Waals surface area (Å²) in [5.74, 6) is 3.40. The van der Waals surface area contributed by atoms with E-state index in [2.05, 4.69) is 4.98 Å². The van der Waals surface area contributed by atoms with Crippen LogP contribution in [-0.4, -0.2) is 45.9 Å². The van der Waals surface area contributed by atoms with Crippen molar-refractivity contribution in [2.24, 2.45) is 5.92 Å². The summed E-state index contributed by atoms with van der Waals surface area (Å²) in [4.78, 5) is 17.3. The quantitative estimate of drug-likeness (QED) is 0.355. The van der Waals surface area contributed by atoms with E-state index in [1.54, 1.807) is 12.1 Å². The first kappa shape index (κ1) is 24.4. The summed E-state index contributed by atoms with van der Waals surface area (Å²) in [7, 11) is 0. The van der Waals surface area contributed by atoms with Crippen molar-refractivity contribution < 1.29 is 28.5 Å². The number of carboxylic acid groups (broad SMARTS) is 1. The minimum Gasteiger partial charge on any atom is -0.493 e. The number of carbonyl (C=O) groups is 1. The second-order valence-electron chi connectivity index (χ2n) is 9.82. The maximum atomic E-state index is 11.6. The molecule has 1 fully saturated rings. The van der Waals surface area contributed by atoms with Gasteiger partial charge in [0.15, 0.2) is 0 Å². The van der Waals surface area contributed by atoms with Crippen LogP contribution in [-0.2, 0) is 0 Å². The summed E-state index contributed by atoms with van der Waals surface area (Å²) in [6.07, 6.45) is 3.04. The molecule has 8 heteroatoms. The zero-order valence-electron chi connectivity index (χ0n) is 20.6. The van der Waals surface area contributed by atoms with E-state index in [1.807, 2.05) is 64.1 Å². The molecule has 1 heterocycles. The lowest BCUT2D eigenvalue weighted by atomic mass is 10.0. The molecule has 4 rings (SSSR count). The van der Waals surface area contributed by atoms with Gasteiger partial charge in [-0.15, -0.1) is 0 Å². The molecule has 1 N–H and O–H groups in total. The first-order valence-corrected chi connectivity index (χ1v) is 11.8. The van der Waals surface area contributed by atoms with Crippen LogP contribution in [0.5, 0.6) is 23.2 Å². The third kappa shape index (κ3) is 6.68. The van der Waals surface area contributed by atoms with Gasteiger partial charge in [-0.3, -0.25) is 4.90 Å². The second-order valence-corrected chi connectivity index (χ2v) is 9.82. The minimum atomic E-state index is -0.969. The Labute approximate surface area is 205 Å². The molecule has 3 aromatic rings. The number of amides is 1. The summed E-state index contributed by atoms with van der Waals surface area (Å²) < 4.78 is 23.2. The van der Waals surface area contributed by atoms with Crippen molar-refractivity contribution in [1.29, 1.82) is 0 Å². The maximum absolute atomic E-state index is 11.6. The van der Waals surface area contributed by atoms with Crippen LogP contribution in [0.25, 0.3) is 11.5 Å². The van der Waals surface area contributed by atoms with Crippen LogP contribution in [0.1, 0.15) is 40.5 Å². The predicted molar refractivity (Wildman–Crippen MR) is 131 cm³/mol. The van der Waals surface area contributed by atoms with Gasteiger partial charge in [0.25, 0.3) is 0 Å². The Bertz CT molecular complexity index is 1130. The van der Waals surface area contributed by atoms with Gasteiger partial charge >= 0.3 is 12.0 Å². The fourth-order valence-electron chi connectivity index (χ4n) is 3.80. The number of aromatic nitrogens is 1. The Morgan fingerprint density at radius 1 is 1.11 bits per heavy atom. The van der Waals surface area contributed by atoms with Crippen molar-refractivity contribution in [2.45, 2.75) is 52.1 Å². The van der Waals surface area contributed by atoms with E-state index >= 15 is 0 Å². The van der Waals surface area contributed by atoms with Crippen molar-refractivity contribution in [3.63, 3.8) is 0 Å². The molecule has 0 bridgehead atoms. The van der Waals surface area contributed by atoms with Gasteiger partial charge in [-0.1, -0.05) is 6.07 Å². The molecule has 1 aliphatic rings. The number of hydrogen-bond acceptors (Lipinski definition) is 6.